The summed E-state index contributed by atoms with van der Waals surface area (Å²) in [5.74, 6) is -2.29. The fourth-order valence-corrected chi connectivity index (χ4v) is 6.90. The standard InChI is InChI=1S/C21H21N9O6S3/c1-2-36-26-12(15-25-21(22)39-27-15)16(32)24-13-17(33)30-14(20(34)35)10(7-38-19(13)30)6-29-9-28-3-4-37-18(28)11(29)5-23-8-31/h3-4,8-9,13,19H,2,5-7H2,1H3,(H4-,22,23,24,25,27,31,32,34,35)/p+1/b26-12-/t13-,19-/m1/s1. The van der Waals surface area contributed by atoms with Crippen molar-refractivity contribution in [3.8, 4) is 0 Å². The van der Waals surface area contributed by atoms with Crippen molar-refractivity contribution < 1.29 is 33.5 Å². The quantitative estimate of drug-likeness (QED) is 0.0715. The first kappa shape index (κ1) is 26.6. The number of carboxylic acids is 1. The third kappa shape index (κ3) is 4.92. The molecule has 2 aliphatic heterocycles. The summed E-state index contributed by atoms with van der Waals surface area (Å²) in [6.07, 6.45) is 4.28. The molecule has 39 heavy (non-hydrogen) atoms. The van der Waals surface area contributed by atoms with E-state index in [1.165, 1.54) is 28.0 Å². The van der Waals surface area contributed by atoms with Gasteiger partial charge in [0.05, 0.1) is 6.54 Å². The van der Waals surface area contributed by atoms with Gasteiger partial charge in [0.15, 0.2) is 10.8 Å². The lowest BCUT2D eigenvalue weighted by Crippen LogP contribution is -2.71. The second-order valence-corrected chi connectivity index (χ2v) is 11.0. The molecule has 2 atom stereocenters. The predicted molar refractivity (Wildman–Crippen MR) is 141 cm³/mol. The maximum Gasteiger partial charge on any atom is 0.352 e. The number of aliphatic carboxylic acids is 1. The molecule has 1 fully saturated rings. The van der Waals surface area contributed by atoms with Crippen molar-refractivity contribution in [1.82, 2.24) is 29.5 Å². The maximum absolute atomic E-state index is 13.2. The van der Waals surface area contributed by atoms with Crippen LogP contribution in [0.25, 0.3) is 4.83 Å². The summed E-state index contributed by atoms with van der Waals surface area (Å²) in [5.41, 5.74) is 6.59. The van der Waals surface area contributed by atoms with Gasteiger partial charge in [-0.25, -0.2) is 9.36 Å². The lowest BCUT2D eigenvalue weighted by Gasteiger charge is -2.49. The highest BCUT2D eigenvalue weighted by Gasteiger charge is 2.54. The normalized spacial score (nSPS) is 19.1. The van der Waals surface area contributed by atoms with Crippen LogP contribution in [0.4, 0.5) is 5.13 Å². The van der Waals surface area contributed by atoms with Crippen molar-refractivity contribution in [2.45, 2.75) is 31.4 Å². The number of β-lactam (4-membered cyclic amide) rings is 1. The third-order valence-electron chi connectivity index (χ3n) is 5.90. The fraction of sp³-hybridized carbons (Fsp3) is 0.333. The first-order valence-corrected chi connectivity index (χ1v) is 14.2. The van der Waals surface area contributed by atoms with E-state index in [0.29, 0.717) is 17.7 Å². The van der Waals surface area contributed by atoms with Gasteiger partial charge in [-0.1, -0.05) is 16.5 Å². The number of amides is 3. The van der Waals surface area contributed by atoms with Crippen LogP contribution in [0.3, 0.4) is 0 Å². The Hall–Kier alpha value is -4.03. The minimum atomic E-state index is -1.25. The van der Waals surface area contributed by atoms with Crippen LogP contribution in [0.15, 0.2) is 34.3 Å². The number of carbonyl (C=O) groups excluding carboxylic acids is 3. The van der Waals surface area contributed by atoms with E-state index in [1.54, 1.807) is 6.92 Å². The van der Waals surface area contributed by atoms with E-state index in [4.69, 9.17) is 10.6 Å². The number of hydrogen-bond acceptors (Lipinski definition) is 12. The predicted octanol–water partition coefficient (Wildman–Crippen LogP) is -0.853. The molecule has 1 saturated heterocycles. The molecule has 5 N–H and O–H groups in total. The highest BCUT2D eigenvalue weighted by Crippen LogP contribution is 2.41. The molecule has 3 aromatic heterocycles. The number of nitrogen functional groups attached to an aromatic ring is 1. The van der Waals surface area contributed by atoms with Crippen LogP contribution >= 0.6 is 34.6 Å². The van der Waals surface area contributed by atoms with Crippen molar-refractivity contribution >= 4 is 74.5 Å². The average Bonchev–Trinajstić information content (AvgIpc) is 3.63. The summed E-state index contributed by atoms with van der Waals surface area (Å²) in [4.78, 5) is 60.5. The Balaban J connectivity index is 1.37. The second-order valence-electron chi connectivity index (χ2n) is 8.24. The van der Waals surface area contributed by atoms with E-state index in [1.807, 2.05) is 26.9 Å². The monoisotopic (exact) mass is 592 g/mol. The molecule has 0 bridgehead atoms. The number of hydrogen-bond donors (Lipinski definition) is 4. The highest BCUT2D eigenvalue weighted by molar-refractivity contribution is 8.00. The lowest BCUT2D eigenvalue weighted by atomic mass is 10.0. The van der Waals surface area contributed by atoms with Crippen LogP contribution in [0, 0.1) is 0 Å². The number of fused-ring (bicyclic) bond motifs is 2. The van der Waals surface area contributed by atoms with Crippen molar-refractivity contribution in [2.24, 2.45) is 5.16 Å². The van der Waals surface area contributed by atoms with E-state index in [2.05, 4.69) is 25.1 Å². The maximum atomic E-state index is 13.2. The van der Waals surface area contributed by atoms with Crippen LogP contribution < -0.4 is 20.8 Å². The summed E-state index contributed by atoms with van der Waals surface area (Å²) >= 11 is 3.70. The van der Waals surface area contributed by atoms with Crippen LogP contribution in [0.2, 0.25) is 0 Å². The van der Waals surface area contributed by atoms with Gasteiger partial charge in [-0.3, -0.25) is 19.3 Å². The fourth-order valence-electron chi connectivity index (χ4n) is 4.26. The number of rotatable bonds is 11. The molecule has 0 aromatic carbocycles. The number of aromatic nitrogens is 4. The number of thiazole rings is 1. The smallest absolute Gasteiger partial charge is 0.352 e. The van der Waals surface area contributed by atoms with Gasteiger partial charge in [0.2, 0.25) is 29.1 Å². The van der Waals surface area contributed by atoms with Crippen LogP contribution in [-0.2, 0) is 37.1 Å². The van der Waals surface area contributed by atoms with Gasteiger partial charge in [-0.05, 0) is 6.92 Å². The Labute approximate surface area is 232 Å². The van der Waals surface area contributed by atoms with Gasteiger partial charge < -0.3 is 26.3 Å². The van der Waals surface area contributed by atoms with Crippen molar-refractivity contribution in [3.63, 3.8) is 0 Å². The van der Waals surface area contributed by atoms with Gasteiger partial charge >= 0.3 is 5.97 Å². The number of oxime groups is 1. The van der Waals surface area contributed by atoms with Gasteiger partial charge in [-0.2, -0.15) is 13.8 Å². The number of nitrogens with zero attached hydrogens (tertiary/aromatic N) is 6. The highest BCUT2D eigenvalue weighted by atomic mass is 32.2. The molecule has 0 spiro atoms. The summed E-state index contributed by atoms with van der Waals surface area (Å²) in [6.45, 7) is 2.33. The zero-order valence-corrected chi connectivity index (χ0v) is 22.7. The number of carbonyl (C=O) groups is 4. The molecular formula is C21H22N9O6S3+. The molecule has 204 valence electrons. The molecule has 15 nitrogen and oxygen atoms in total. The van der Waals surface area contributed by atoms with Crippen LogP contribution in [-0.4, -0.2) is 77.6 Å². The average molecular weight is 593 g/mol. The van der Waals surface area contributed by atoms with Crippen LogP contribution in [0.1, 0.15) is 18.4 Å². The van der Waals surface area contributed by atoms with Gasteiger partial charge in [0, 0.05) is 28.2 Å². The van der Waals surface area contributed by atoms with Gasteiger partial charge in [0.1, 0.15) is 36.5 Å². The van der Waals surface area contributed by atoms with Crippen LogP contribution in [0.5, 0.6) is 0 Å². The Bertz CT molecular complexity index is 1530. The number of carboxylic acid groups (broad SMARTS) is 1. The van der Waals surface area contributed by atoms with E-state index in [9.17, 15) is 24.3 Å². The van der Waals surface area contributed by atoms with Crippen molar-refractivity contribution in [1.29, 1.82) is 0 Å². The molecule has 18 heteroatoms. The van der Waals surface area contributed by atoms with Crippen molar-refractivity contribution in [2.75, 3.05) is 18.1 Å². The molecule has 0 radical (unpaired) electrons. The number of imidazole rings is 1. The van der Waals surface area contributed by atoms with E-state index < -0.39 is 29.2 Å². The Morgan fingerprint density at radius 3 is 2.95 bits per heavy atom. The molecular weight excluding hydrogens is 570 g/mol. The largest absolute Gasteiger partial charge is 0.477 e. The summed E-state index contributed by atoms with van der Waals surface area (Å²) in [6, 6.07) is -0.985. The number of nitrogens with two attached hydrogens (primary N) is 1. The molecule has 0 aliphatic carbocycles. The Morgan fingerprint density at radius 2 is 2.26 bits per heavy atom. The summed E-state index contributed by atoms with van der Waals surface area (Å²) < 4.78 is 7.73. The zero-order chi connectivity index (χ0) is 27.7. The molecule has 2 aliphatic rings. The first-order valence-electron chi connectivity index (χ1n) is 11.5. The third-order valence-corrected chi connectivity index (χ3v) is 8.71. The number of anilines is 1. The molecule has 0 saturated carbocycles. The topological polar surface area (TPSA) is 198 Å². The van der Waals surface area contributed by atoms with Crippen molar-refractivity contribution in [3.05, 3.63) is 40.7 Å². The van der Waals surface area contributed by atoms with Gasteiger partial charge in [0.25, 0.3) is 11.8 Å². The van der Waals surface area contributed by atoms with E-state index >= 15 is 0 Å². The van der Waals surface area contributed by atoms with E-state index in [0.717, 1.165) is 22.1 Å². The SMILES string of the molecule is CCO/N=C(\C(=O)N[C@@H]1C(=O)N2C(C(=O)O)=C(Cn3c[n+]4ccsc4c3CNC=O)CS[C@H]12)c1nsc(N)n1. The number of nitrogens with one attached hydrogen (secondary N) is 2. The van der Waals surface area contributed by atoms with E-state index in [-0.39, 0.29) is 42.1 Å². The molecule has 5 rings (SSSR count). The summed E-state index contributed by atoms with van der Waals surface area (Å²) in [7, 11) is 0. The number of thioether (sulfide) groups is 1. The minimum absolute atomic E-state index is 0.0406. The Kier molecular flexibility index (Phi) is 7.49. The molecule has 3 aromatic rings. The molecule has 0 unspecified atom stereocenters. The summed E-state index contributed by atoms with van der Waals surface area (Å²) in [5, 5.41) is 20.5. The lowest BCUT2D eigenvalue weighted by molar-refractivity contribution is -0.508. The Morgan fingerprint density at radius 1 is 1.44 bits per heavy atom. The minimum Gasteiger partial charge on any atom is -0.477 e. The zero-order valence-electron chi connectivity index (χ0n) is 20.3. The first-order chi connectivity index (χ1) is 18.8. The van der Waals surface area contributed by atoms with Gasteiger partial charge in [-0.15, -0.1) is 11.8 Å². The molecule has 5 heterocycles. The molecule has 3 amide bonds. The second kappa shape index (κ2) is 11.0.